The monoisotopic (exact) mass is 289 g/mol. The Morgan fingerprint density at radius 2 is 2.19 bits per heavy atom. The quantitative estimate of drug-likeness (QED) is 0.652. The fourth-order valence-electron chi connectivity index (χ4n) is 1.90. The van der Waals surface area contributed by atoms with Crippen molar-refractivity contribution in [1.82, 2.24) is 20.4 Å². The molecule has 21 heavy (non-hydrogen) atoms. The summed E-state index contributed by atoms with van der Waals surface area (Å²) in [5.41, 5.74) is 1.90. The summed E-state index contributed by atoms with van der Waals surface area (Å²) >= 11 is 0. The van der Waals surface area contributed by atoms with Crippen molar-refractivity contribution in [3.63, 3.8) is 0 Å². The van der Waals surface area contributed by atoms with Crippen LogP contribution in [-0.4, -0.2) is 22.3 Å². The number of benzene rings is 1. The molecule has 0 saturated heterocycles. The molecule has 0 atom stereocenters. The molecular formula is C15H20FN5. The van der Waals surface area contributed by atoms with E-state index < -0.39 is 0 Å². The minimum Gasteiger partial charge on any atom is -0.357 e. The van der Waals surface area contributed by atoms with Gasteiger partial charge in [0.05, 0.1) is 18.8 Å². The molecule has 0 spiro atoms. The summed E-state index contributed by atoms with van der Waals surface area (Å²) in [6.07, 6.45) is 1.76. The molecule has 0 aliphatic heterocycles. The van der Waals surface area contributed by atoms with Crippen molar-refractivity contribution in [3.8, 4) is 0 Å². The molecule has 2 N–H and O–H groups in total. The molecule has 1 aromatic heterocycles. The van der Waals surface area contributed by atoms with Crippen LogP contribution in [0.4, 0.5) is 4.39 Å². The van der Waals surface area contributed by atoms with Crippen molar-refractivity contribution in [2.24, 2.45) is 12.0 Å². The van der Waals surface area contributed by atoms with Gasteiger partial charge in [0.25, 0.3) is 0 Å². The van der Waals surface area contributed by atoms with Gasteiger partial charge in [-0.1, -0.05) is 12.1 Å². The van der Waals surface area contributed by atoms with Crippen LogP contribution in [0.5, 0.6) is 0 Å². The molecule has 0 fully saturated rings. The van der Waals surface area contributed by atoms with E-state index in [-0.39, 0.29) is 5.82 Å². The summed E-state index contributed by atoms with van der Waals surface area (Å²) in [6, 6.07) is 8.42. The van der Waals surface area contributed by atoms with Crippen LogP contribution in [0.25, 0.3) is 0 Å². The zero-order valence-electron chi connectivity index (χ0n) is 12.3. The Labute approximate surface area is 123 Å². The lowest BCUT2D eigenvalue weighted by Crippen LogP contribution is -2.37. The van der Waals surface area contributed by atoms with E-state index in [4.69, 9.17) is 0 Å². The van der Waals surface area contributed by atoms with Crippen LogP contribution in [0.3, 0.4) is 0 Å². The number of guanidine groups is 1. The third kappa shape index (κ3) is 4.59. The second-order valence-electron chi connectivity index (χ2n) is 4.62. The normalized spacial score (nSPS) is 11.5. The van der Waals surface area contributed by atoms with Gasteiger partial charge >= 0.3 is 0 Å². The molecular weight excluding hydrogens is 269 g/mol. The summed E-state index contributed by atoms with van der Waals surface area (Å²) < 4.78 is 14.9. The van der Waals surface area contributed by atoms with E-state index in [0.29, 0.717) is 19.0 Å². The van der Waals surface area contributed by atoms with Crippen LogP contribution in [0, 0.1) is 5.82 Å². The van der Waals surface area contributed by atoms with E-state index in [1.807, 2.05) is 30.8 Å². The van der Waals surface area contributed by atoms with E-state index in [2.05, 4.69) is 20.7 Å². The van der Waals surface area contributed by atoms with Crippen LogP contribution in [0.15, 0.2) is 41.5 Å². The number of aromatic nitrogens is 2. The molecule has 0 saturated carbocycles. The minimum absolute atomic E-state index is 0.240. The lowest BCUT2D eigenvalue weighted by molar-refractivity contribution is 0.625. The number of halogens is 1. The van der Waals surface area contributed by atoms with Crippen molar-refractivity contribution in [1.29, 1.82) is 0 Å². The van der Waals surface area contributed by atoms with Crippen molar-refractivity contribution in [2.75, 3.05) is 6.54 Å². The van der Waals surface area contributed by atoms with Gasteiger partial charge in [0.2, 0.25) is 0 Å². The van der Waals surface area contributed by atoms with Crippen LogP contribution in [-0.2, 0) is 20.1 Å². The van der Waals surface area contributed by atoms with E-state index in [1.54, 1.807) is 12.3 Å². The number of aryl methyl sites for hydroxylation is 1. The van der Waals surface area contributed by atoms with Gasteiger partial charge in [-0.3, -0.25) is 4.68 Å². The summed E-state index contributed by atoms with van der Waals surface area (Å²) in [5, 5.41) is 10.5. The lowest BCUT2D eigenvalue weighted by Gasteiger charge is -2.11. The van der Waals surface area contributed by atoms with Gasteiger partial charge < -0.3 is 10.6 Å². The third-order valence-electron chi connectivity index (χ3n) is 3.01. The predicted octanol–water partition coefficient (Wildman–Crippen LogP) is 1.81. The van der Waals surface area contributed by atoms with Crippen molar-refractivity contribution >= 4 is 5.96 Å². The molecule has 0 radical (unpaired) electrons. The summed E-state index contributed by atoms with van der Waals surface area (Å²) in [5.74, 6) is 0.457. The maximum Gasteiger partial charge on any atom is 0.191 e. The smallest absolute Gasteiger partial charge is 0.191 e. The van der Waals surface area contributed by atoms with Crippen molar-refractivity contribution in [2.45, 2.75) is 20.0 Å². The van der Waals surface area contributed by atoms with Crippen LogP contribution in [0.2, 0.25) is 0 Å². The largest absolute Gasteiger partial charge is 0.357 e. The van der Waals surface area contributed by atoms with Gasteiger partial charge in [0.15, 0.2) is 5.96 Å². The van der Waals surface area contributed by atoms with E-state index in [0.717, 1.165) is 17.8 Å². The van der Waals surface area contributed by atoms with E-state index in [1.165, 1.54) is 12.1 Å². The Bertz CT molecular complexity index is 606. The SMILES string of the molecule is CCNC(=NCc1cccc(F)c1)NCc1ccnn1C. The first-order valence-corrected chi connectivity index (χ1v) is 6.92. The second kappa shape index (κ2) is 7.42. The zero-order valence-corrected chi connectivity index (χ0v) is 12.3. The van der Waals surface area contributed by atoms with Gasteiger partial charge in [-0.2, -0.15) is 5.10 Å². The maximum atomic E-state index is 13.1. The predicted molar refractivity (Wildman–Crippen MR) is 81.3 cm³/mol. The number of hydrogen-bond donors (Lipinski definition) is 2. The third-order valence-corrected chi connectivity index (χ3v) is 3.01. The zero-order chi connectivity index (χ0) is 15.1. The summed E-state index contributed by atoms with van der Waals surface area (Å²) in [4.78, 5) is 4.45. The van der Waals surface area contributed by atoms with Crippen LogP contribution in [0.1, 0.15) is 18.2 Å². The van der Waals surface area contributed by atoms with E-state index >= 15 is 0 Å². The highest BCUT2D eigenvalue weighted by Crippen LogP contribution is 2.04. The lowest BCUT2D eigenvalue weighted by atomic mass is 10.2. The molecule has 0 unspecified atom stereocenters. The molecule has 0 bridgehead atoms. The van der Waals surface area contributed by atoms with Crippen molar-refractivity contribution in [3.05, 3.63) is 53.6 Å². The van der Waals surface area contributed by atoms with Gasteiger partial charge in [0.1, 0.15) is 5.82 Å². The Kier molecular flexibility index (Phi) is 5.31. The Balaban J connectivity index is 1.97. The Morgan fingerprint density at radius 3 is 2.86 bits per heavy atom. The number of hydrogen-bond acceptors (Lipinski definition) is 2. The van der Waals surface area contributed by atoms with Gasteiger partial charge in [0, 0.05) is 19.8 Å². The molecule has 2 rings (SSSR count). The molecule has 112 valence electrons. The average Bonchev–Trinajstić information content (AvgIpc) is 2.87. The van der Waals surface area contributed by atoms with Gasteiger partial charge in [-0.25, -0.2) is 9.38 Å². The maximum absolute atomic E-state index is 13.1. The summed E-state index contributed by atoms with van der Waals surface area (Å²) in [6.45, 7) is 3.83. The topological polar surface area (TPSA) is 54.2 Å². The molecule has 0 aliphatic carbocycles. The molecule has 1 heterocycles. The van der Waals surface area contributed by atoms with Gasteiger partial charge in [-0.05, 0) is 30.7 Å². The summed E-state index contributed by atoms with van der Waals surface area (Å²) in [7, 11) is 1.90. The number of rotatable bonds is 5. The number of nitrogens with zero attached hydrogens (tertiary/aromatic N) is 3. The highest BCUT2D eigenvalue weighted by Gasteiger charge is 2.01. The van der Waals surface area contributed by atoms with Crippen molar-refractivity contribution < 1.29 is 4.39 Å². The van der Waals surface area contributed by atoms with E-state index in [9.17, 15) is 4.39 Å². The number of nitrogens with one attached hydrogen (secondary N) is 2. The first kappa shape index (κ1) is 15.0. The first-order valence-electron chi connectivity index (χ1n) is 6.92. The fraction of sp³-hybridized carbons (Fsp3) is 0.333. The standard InChI is InChI=1S/C15H20FN5/c1-3-17-15(19-11-14-7-8-20-21(14)2)18-10-12-5-4-6-13(16)9-12/h4-9H,3,10-11H2,1-2H3,(H2,17,18,19). The van der Waals surface area contributed by atoms with Crippen LogP contribution >= 0.6 is 0 Å². The molecule has 5 nitrogen and oxygen atoms in total. The highest BCUT2D eigenvalue weighted by atomic mass is 19.1. The molecule has 0 amide bonds. The average molecular weight is 289 g/mol. The first-order chi connectivity index (χ1) is 10.2. The van der Waals surface area contributed by atoms with Gasteiger partial charge in [-0.15, -0.1) is 0 Å². The molecule has 0 aliphatic rings. The van der Waals surface area contributed by atoms with Crippen LogP contribution < -0.4 is 10.6 Å². The molecule has 2 aromatic rings. The fourth-order valence-corrected chi connectivity index (χ4v) is 1.90. The Morgan fingerprint density at radius 1 is 1.33 bits per heavy atom. The second-order valence-corrected chi connectivity index (χ2v) is 4.62. The molecule has 6 heteroatoms. The highest BCUT2D eigenvalue weighted by molar-refractivity contribution is 5.79. The number of aliphatic imine (C=N–C) groups is 1. The Hall–Kier alpha value is -2.37. The minimum atomic E-state index is -0.240. The molecule has 1 aromatic carbocycles.